The maximum atomic E-state index is 11.7. The lowest BCUT2D eigenvalue weighted by Gasteiger charge is -2.25. The highest BCUT2D eigenvalue weighted by Gasteiger charge is 2.27. The minimum atomic E-state index is -2.45. The number of hydrogen-bond donors (Lipinski definition) is 2. The van der Waals surface area contributed by atoms with E-state index in [9.17, 15) is 13.6 Å². The molecule has 0 aliphatic carbocycles. The zero-order valence-corrected chi connectivity index (χ0v) is 9.06. The lowest BCUT2D eigenvalue weighted by atomic mass is 9.95. The molecule has 0 aliphatic rings. The number of alkyl halides is 2. The number of rotatable bonds is 8. The summed E-state index contributed by atoms with van der Waals surface area (Å²) in [5.74, 6) is -0.459. The van der Waals surface area contributed by atoms with Crippen LogP contribution < -0.4 is 11.1 Å². The van der Waals surface area contributed by atoms with Crippen LogP contribution in [0.2, 0.25) is 0 Å². The van der Waals surface area contributed by atoms with Crippen LogP contribution in [0.3, 0.4) is 0 Å². The number of carbonyl (C=O) groups is 1. The molecule has 0 saturated carbocycles. The summed E-state index contributed by atoms with van der Waals surface area (Å²) in [6.45, 7) is 1.31. The smallest absolute Gasteiger partial charge is 0.261 e. The van der Waals surface area contributed by atoms with Crippen molar-refractivity contribution in [2.45, 2.75) is 31.7 Å². The lowest BCUT2D eigenvalue weighted by molar-refractivity contribution is -0.124. The third-order valence-corrected chi connectivity index (χ3v) is 2.30. The number of nitrogens with two attached hydrogens (primary N) is 1. The molecule has 0 rings (SSSR count). The Hall–Kier alpha value is -0.750. The zero-order chi connectivity index (χ0) is 11.9. The van der Waals surface area contributed by atoms with Gasteiger partial charge in [-0.3, -0.25) is 4.79 Å². The van der Waals surface area contributed by atoms with Crippen LogP contribution in [0, 0.1) is 0 Å². The normalized spacial score (nSPS) is 15.3. The summed E-state index contributed by atoms with van der Waals surface area (Å²) in [7, 11) is 1.63. The summed E-state index contributed by atoms with van der Waals surface area (Å²) in [5, 5.41) is 2.80. The molecule has 0 heterocycles. The van der Waals surface area contributed by atoms with Crippen LogP contribution in [0.4, 0.5) is 8.78 Å². The fraction of sp³-hybridized carbons (Fsp3) is 0.889. The van der Waals surface area contributed by atoms with Crippen LogP contribution in [-0.4, -0.2) is 38.1 Å². The van der Waals surface area contributed by atoms with E-state index in [4.69, 9.17) is 5.73 Å². The van der Waals surface area contributed by atoms with E-state index in [1.54, 1.807) is 14.0 Å². The molecular weight excluding hydrogens is 206 g/mol. The van der Waals surface area contributed by atoms with Crippen molar-refractivity contribution in [3.05, 3.63) is 0 Å². The van der Waals surface area contributed by atoms with Crippen molar-refractivity contribution in [1.82, 2.24) is 5.32 Å². The number of halogens is 2. The average Bonchev–Trinajstić information content (AvgIpc) is 2.16. The molecule has 0 bridgehead atoms. The molecule has 3 N–H and O–H groups in total. The number of likely N-dealkylation sites (N-methyl/N-ethyl adjacent to an activating group) is 1. The SMILES string of the molecule is CNC(C)(CCCOCC(F)F)C(N)=O. The first kappa shape index (κ1) is 14.2. The first-order valence-electron chi connectivity index (χ1n) is 4.77. The van der Waals surface area contributed by atoms with Gasteiger partial charge in [-0.1, -0.05) is 0 Å². The number of amides is 1. The molecule has 0 fully saturated rings. The van der Waals surface area contributed by atoms with E-state index in [0.29, 0.717) is 12.8 Å². The predicted molar refractivity (Wildman–Crippen MR) is 52.7 cm³/mol. The van der Waals surface area contributed by atoms with Gasteiger partial charge in [0, 0.05) is 6.61 Å². The lowest BCUT2D eigenvalue weighted by Crippen LogP contribution is -2.51. The predicted octanol–water partition coefficient (Wildman–Crippen LogP) is 0.512. The van der Waals surface area contributed by atoms with Gasteiger partial charge in [-0.2, -0.15) is 0 Å². The highest BCUT2D eigenvalue weighted by Crippen LogP contribution is 2.11. The number of carbonyl (C=O) groups excluding carboxylic acids is 1. The quantitative estimate of drug-likeness (QED) is 0.590. The highest BCUT2D eigenvalue weighted by molar-refractivity contribution is 5.84. The van der Waals surface area contributed by atoms with Gasteiger partial charge in [-0.25, -0.2) is 8.78 Å². The van der Waals surface area contributed by atoms with Crippen molar-refractivity contribution in [3.8, 4) is 0 Å². The molecule has 1 unspecified atom stereocenters. The van der Waals surface area contributed by atoms with Gasteiger partial charge in [0.1, 0.15) is 6.61 Å². The molecule has 0 spiro atoms. The molecular formula is C9H18F2N2O2. The Morgan fingerprint density at radius 1 is 1.60 bits per heavy atom. The summed E-state index contributed by atoms with van der Waals surface area (Å²) < 4.78 is 28.0. The van der Waals surface area contributed by atoms with Gasteiger partial charge in [0.15, 0.2) is 0 Å². The molecule has 0 aliphatic heterocycles. The van der Waals surface area contributed by atoms with E-state index >= 15 is 0 Å². The van der Waals surface area contributed by atoms with Gasteiger partial charge in [0.05, 0.1) is 5.54 Å². The molecule has 1 amide bonds. The Balaban J connectivity index is 3.69. The van der Waals surface area contributed by atoms with Crippen LogP contribution in [0.15, 0.2) is 0 Å². The Morgan fingerprint density at radius 2 is 2.20 bits per heavy atom. The maximum absolute atomic E-state index is 11.7. The minimum Gasteiger partial charge on any atom is -0.376 e. The van der Waals surface area contributed by atoms with E-state index < -0.39 is 24.5 Å². The molecule has 0 aromatic carbocycles. The van der Waals surface area contributed by atoms with Crippen molar-refractivity contribution < 1.29 is 18.3 Å². The third-order valence-electron chi connectivity index (χ3n) is 2.30. The topological polar surface area (TPSA) is 64.3 Å². The van der Waals surface area contributed by atoms with Crippen molar-refractivity contribution >= 4 is 5.91 Å². The number of nitrogens with one attached hydrogen (secondary N) is 1. The zero-order valence-electron chi connectivity index (χ0n) is 9.06. The standard InChI is InChI=1S/C9H18F2N2O2/c1-9(13-2,8(12)14)4-3-5-15-6-7(10)11/h7,13H,3-6H2,1-2H3,(H2,12,14). The summed E-state index contributed by atoms with van der Waals surface area (Å²) in [5.41, 5.74) is 4.38. The Morgan fingerprint density at radius 3 is 2.60 bits per heavy atom. The van der Waals surface area contributed by atoms with Crippen molar-refractivity contribution in [3.63, 3.8) is 0 Å². The van der Waals surface area contributed by atoms with Gasteiger partial charge in [-0.15, -0.1) is 0 Å². The first-order valence-corrected chi connectivity index (χ1v) is 4.77. The van der Waals surface area contributed by atoms with Crippen molar-refractivity contribution in [2.24, 2.45) is 5.73 Å². The van der Waals surface area contributed by atoms with Gasteiger partial charge >= 0.3 is 0 Å². The van der Waals surface area contributed by atoms with E-state index in [0.717, 1.165) is 0 Å². The summed E-state index contributed by atoms with van der Waals surface area (Å²) in [4.78, 5) is 11.0. The molecule has 15 heavy (non-hydrogen) atoms. The number of ether oxygens (including phenoxy) is 1. The highest BCUT2D eigenvalue weighted by atomic mass is 19.3. The van der Waals surface area contributed by atoms with E-state index in [1.807, 2.05) is 0 Å². The second-order valence-electron chi connectivity index (χ2n) is 3.52. The largest absolute Gasteiger partial charge is 0.376 e. The Labute approximate surface area is 88.2 Å². The Bertz CT molecular complexity index is 203. The van der Waals surface area contributed by atoms with Crippen LogP contribution >= 0.6 is 0 Å². The van der Waals surface area contributed by atoms with E-state index in [2.05, 4.69) is 10.1 Å². The van der Waals surface area contributed by atoms with Crippen LogP contribution in [-0.2, 0) is 9.53 Å². The maximum Gasteiger partial charge on any atom is 0.261 e. The fourth-order valence-electron chi connectivity index (χ4n) is 1.07. The minimum absolute atomic E-state index is 0.203. The Kier molecular flexibility index (Phi) is 6.35. The summed E-state index contributed by atoms with van der Waals surface area (Å²) in [6.07, 6.45) is -1.48. The van der Waals surface area contributed by atoms with Crippen molar-refractivity contribution in [1.29, 1.82) is 0 Å². The first-order chi connectivity index (χ1) is 6.92. The summed E-state index contributed by atoms with van der Waals surface area (Å²) >= 11 is 0. The molecule has 90 valence electrons. The van der Waals surface area contributed by atoms with Crippen LogP contribution in [0.25, 0.3) is 0 Å². The van der Waals surface area contributed by atoms with Gasteiger partial charge in [0.2, 0.25) is 5.91 Å². The van der Waals surface area contributed by atoms with Gasteiger partial charge < -0.3 is 15.8 Å². The van der Waals surface area contributed by atoms with Gasteiger partial charge in [0.25, 0.3) is 6.43 Å². The molecule has 0 aromatic rings. The molecule has 1 atom stereocenters. The van der Waals surface area contributed by atoms with Crippen LogP contribution in [0.5, 0.6) is 0 Å². The second kappa shape index (κ2) is 6.68. The molecule has 0 saturated heterocycles. The average molecular weight is 224 g/mol. The van der Waals surface area contributed by atoms with E-state index in [1.165, 1.54) is 0 Å². The molecule has 0 aromatic heterocycles. The molecule has 6 heteroatoms. The van der Waals surface area contributed by atoms with Crippen molar-refractivity contribution in [2.75, 3.05) is 20.3 Å². The number of hydrogen-bond acceptors (Lipinski definition) is 3. The van der Waals surface area contributed by atoms with E-state index in [-0.39, 0.29) is 6.61 Å². The number of primary amides is 1. The second-order valence-corrected chi connectivity index (χ2v) is 3.52. The van der Waals surface area contributed by atoms with Crippen LogP contribution in [0.1, 0.15) is 19.8 Å². The monoisotopic (exact) mass is 224 g/mol. The third kappa shape index (κ3) is 5.64. The summed E-state index contributed by atoms with van der Waals surface area (Å²) in [6, 6.07) is 0. The molecule has 4 nitrogen and oxygen atoms in total. The molecule has 0 radical (unpaired) electrons. The van der Waals surface area contributed by atoms with Gasteiger partial charge in [-0.05, 0) is 26.8 Å². The fourth-order valence-corrected chi connectivity index (χ4v) is 1.07.